The molecule has 2 N–H and O–H groups in total. The van der Waals surface area contributed by atoms with Crippen LogP contribution in [0.4, 0.5) is 11.4 Å². The van der Waals surface area contributed by atoms with Gasteiger partial charge in [-0.15, -0.1) is 22.7 Å². The van der Waals surface area contributed by atoms with Gasteiger partial charge in [0, 0.05) is 24.5 Å². The van der Waals surface area contributed by atoms with Gasteiger partial charge >= 0.3 is 0 Å². The van der Waals surface area contributed by atoms with Crippen molar-refractivity contribution in [2.24, 2.45) is 0 Å². The number of likely N-dealkylation sites (tertiary alicyclic amines) is 2. The van der Waals surface area contributed by atoms with Crippen molar-refractivity contribution < 1.29 is 19.2 Å². The first-order chi connectivity index (χ1) is 23.1. The normalized spacial score (nSPS) is 17.7. The zero-order chi connectivity index (χ0) is 33.9. The van der Waals surface area contributed by atoms with Crippen LogP contribution in [0.2, 0.25) is 0 Å². The van der Waals surface area contributed by atoms with Crippen molar-refractivity contribution in [1.82, 2.24) is 19.8 Å². The lowest BCUT2D eigenvalue weighted by Gasteiger charge is -2.23. The Morgan fingerprint density at radius 2 is 1.02 bits per heavy atom. The molecule has 4 aromatic rings. The summed E-state index contributed by atoms with van der Waals surface area (Å²) in [6.07, 6.45) is 6.77. The summed E-state index contributed by atoms with van der Waals surface area (Å²) in [5.74, 6) is -0.632. The highest BCUT2D eigenvalue weighted by Gasteiger charge is 2.37. The van der Waals surface area contributed by atoms with E-state index in [4.69, 9.17) is 0 Å². The molecule has 2 aliphatic heterocycles. The van der Waals surface area contributed by atoms with Crippen LogP contribution in [0.25, 0.3) is 12.2 Å². The van der Waals surface area contributed by atoms with Gasteiger partial charge in [0.15, 0.2) is 0 Å². The number of hydrogen-bond acceptors (Lipinski definition) is 8. The molecule has 0 spiro atoms. The number of thiazole rings is 2. The van der Waals surface area contributed by atoms with Crippen molar-refractivity contribution in [2.45, 2.75) is 65.5 Å². The van der Waals surface area contributed by atoms with E-state index in [0.717, 1.165) is 34.0 Å². The third-order valence-corrected chi connectivity index (χ3v) is 10.8. The van der Waals surface area contributed by atoms with Crippen molar-refractivity contribution >= 4 is 69.8 Å². The van der Waals surface area contributed by atoms with Gasteiger partial charge in [0.05, 0.1) is 21.4 Å². The van der Waals surface area contributed by atoms with Crippen molar-refractivity contribution in [1.29, 1.82) is 0 Å². The van der Waals surface area contributed by atoms with Crippen molar-refractivity contribution in [3.63, 3.8) is 0 Å². The molecule has 4 heterocycles. The average molecular weight is 683 g/mol. The number of carbonyl (C=O) groups excluding carboxylic acids is 4. The van der Waals surface area contributed by atoms with Crippen LogP contribution in [-0.4, -0.2) is 68.6 Å². The van der Waals surface area contributed by atoms with Crippen molar-refractivity contribution in [3.8, 4) is 0 Å². The second-order valence-corrected chi connectivity index (χ2v) is 14.6. The van der Waals surface area contributed by atoms with Gasteiger partial charge < -0.3 is 20.4 Å². The number of nitrogens with zero attached hydrogens (tertiary/aromatic N) is 4. The molecule has 2 aliphatic rings. The Bertz CT molecular complexity index is 1740. The number of aromatic nitrogens is 2. The predicted molar refractivity (Wildman–Crippen MR) is 190 cm³/mol. The van der Waals surface area contributed by atoms with Crippen LogP contribution in [0, 0.1) is 27.7 Å². The van der Waals surface area contributed by atoms with Gasteiger partial charge in [-0.05, 0) is 88.8 Å². The number of nitrogens with one attached hydrogen (secondary N) is 2. The molecule has 248 valence electrons. The molecule has 0 saturated carbocycles. The van der Waals surface area contributed by atoms with Crippen molar-refractivity contribution in [2.75, 3.05) is 23.7 Å². The van der Waals surface area contributed by atoms with Crippen LogP contribution in [0.3, 0.4) is 0 Å². The summed E-state index contributed by atoms with van der Waals surface area (Å²) in [5.41, 5.74) is 4.66. The number of hydrogen-bond donors (Lipinski definition) is 2. The maximum Gasteiger partial charge on any atom is 0.266 e. The smallest absolute Gasteiger partial charge is 0.266 e. The number of carbonyl (C=O) groups is 4. The zero-order valence-corrected chi connectivity index (χ0v) is 29.0. The van der Waals surface area contributed by atoms with Crippen molar-refractivity contribution in [3.05, 3.63) is 90.8 Å². The highest BCUT2D eigenvalue weighted by atomic mass is 32.1. The van der Waals surface area contributed by atoms with Crippen LogP contribution >= 0.6 is 22.7 Å². The number of anilines is 2. The lowest BCUT2D eigenvalue weighted by atomic mass is 10.1. The molecule has 10 nitrogen and oxygen atoms in total. The quantitative estimate of drug-likeness (QED) is 0.205. The van der Waals surface area contributed by atoms with Crippen LogP contribution < -0.4 is 10.6 Å². The van der Waals surface area contributed by atoms with Gasteiger partial charge in [-0.2, -0.15) is 0 Å². The predicted octanol–water partition coefficient (Wildman–Crippen LogP) is 6.49. The summed E-state index contributed by atoms with van der Waals surface area (Å²) < 4.78 is 0. The number of aryl methyl sites for hydroxylation is 4. The molecule has 48 heavy (non-hydrogen) atoms. The lowest BCUT2D eigenvalue weighted by molar-refractivity contribution is -0.120. The fourth-order valence-corrected chi connectivity index (χ4v) is 8.04. The van der Waals surface area contributed by atoms with Crippen LogP contribution in [0.1, 0.15) is 77.6 Å². The Balaban J connectivity index is 1.02. The maximum atomic E-state index is 13.2. The minimum Gasteiger partial charge on any atom is -0.326 e. The molecule has 2 aromatic heterocycles. The standard InChI is InChI=1S/C36H38N6O4S2/c1-21-31(47-23(3)37-21)35(45)41-19-5-7-29(41)33(43)39-27-15-11-25(12-16-27)9-10-26-13-17-28(18-14-26)40-34(44)30-8-6-20-42(30)36(46)32-22(2)38-24(4)48-32/h9-18,29-30H,5-8,19-20H2,1-4H3,(H,39,43)(H,40,44)/t29-,30-/m0/s1. The van der Waals surface area contributed by atoms with E-state index in [0.29, 0.717) is 58.4 Å². The Morgan fingerprint density at radius 1 is 0.646 bits per heavy atom. The molecule has 2 fully saturated rings. The molecule has 0 bridgehead atoms. The van der Waals surface area contributed by atoms with E-state index in [1.54, 1.807) is 9.80 Å². The molecule has 2 saturated heterocycles. The van der Waals surface area contributed by atoms with Gasteiger partial charge in [-0.25, -0.2) is 9.97 Å². The summed E-state index contributed by atoms with van der Waals surface area (Å²) in [7, 11) is 0. The second kappa shape index (κ2) is 14.2. The van der Waals surface area contributed by atoms with Gasteiger partial charge in [-0.1, -0.05) is 36.4 Å². The van der Waals surface area contributed by atoms with Gasteiger partial charge in [0.2, 0.25) is 11.8 Å². The van der Waals surface area contributed by atoms with Crippen LogP contribution in [0.5, 0.6) is 0 Å². The number of amides is 4. The minimum absolute atomic E-state index is 0.128. The zero-order valence-electron chi connectivity index (χ0n) is 27.4. The molecule has 2 aromatic carbocycles. The third-order valence-electron chi connectivity index (χ3n) is 8.65. The Hall–Kier alpha value is -4.68. The maximum absolute atomic E-state index is 13.2. The number of rotatable bonds is 8. The Labute approximate surface area is 287 Å². The first-order valence-electron chi connectivity index (χ1n) is 16.1. The molecule has 4 amide bonds. The summed E-state index contributed by atoms with van der Waals surface area (Å²) in [4.78, 5) is 65.9. The second-order valence-electron chi connectivity index (χ2n) is 12.2. The highest BCUT2D eigenvalue weighted by molar-refractivity contribution is 7.14. The Morgan fingerprint density at radius 3 is 1.35 bits per heavy atom. The molecule has 0 unspecified atom stereocenters. The summed E-state index contributed by atoms with van der Waals surface area (Å²) in [6.45, 7) is 8.52. The van der Waals surface area contributed by atoms with E-state index in [1.807, 2.05) is 88.4 Å². The summed E-state index contributed by atoms with van der Waals surface area (Å²) >= 11 is 2.74. The topological polar surface area (TPSA) is 125 Å². The van der Waals surface area contributed by atoms with Gasteiger partial charge in [0.1, 0.15) is 21.8 Å². The molecular formula is C36H38N6O4S2. The Kier molecular flexibility index (Phi) is 9.83. The minimum atomic E-state index is -0.511. The first-order valence-corrected chi connectivity index (χ1v) is 17.7. The monoisotopic (exact) mass is 682 g/mol. The molecule has 0 aliphatic carbocycles. The van der Waals surface area contributed by atoms with E-state index in [1.165, 1.54) is 22.7 Å². The molecule has 0 radical (unpaired) electrons. The largest absolute Gasteiger partial charge is 0.326 e. The summed E-state index contributed by atoms with van der Waals surface area (Å²) in [5, 5.41) is 7.63. The van der Waals surface area contributed by atoms with E-state index in [-0.39, 0.29) is 23.6 Å². The average Bonchev–Trinajstić information content (AvgIpc) is 3.88. The first kappa shape index (κ1) is 33.2. The van der Waals surface area contributed by atoms with E-state index in [9.17, 15) is 19.2 Å². The fourth-order valence-electron chi connectivity index (χ4n) is 6.28. The van der Waals surface area contributed by atoms with Crippen LogP contribution in [-0.2, 0) is 9.59 Å². The molecule has 6 rings (SSSR count). The fraction of sp³-hybridized carbons (Fsp3) is 0.333. The molecule has 2 atom stereocenters. The van der Waals surface area contributed by atoms with Gasteiger partial charge in [-0.3, -0.25) is 19.2 Å². The highest BCUT2D eigenvalue weighted by Crippen LogP contribution is 2.28. The van der Waals surface area contributed by atoms with E-state index in [2.05, 4.69) is 20.6 Å². The van der Waals surface area contributed by atoms with Gasteiger partial charge in [0.25, 0.3) is 11.8 Å². The SMILES string of the molecule is Cc1nc(C)c(C(=O)N2CCC[C@H]2C(=O)Nc2ccc(C=Cc3ccc(NC(=O)[C@@H]4CCCN4C(=O)c4sc(C)nc4C)cc3)cc2)s1. The number of benzene rings is 2. The molecular weight excluding hydrogens is 645 g/mol. The molecule has 12 heteroatoms. The van der Waals surface area contributed by atoms with E-state index < -0.39 is 12.1 Å². The van der Waals surface area contributed by atoms with E-state index >= 15 is 0 Å². The lowest BCUT2D eigenvalue weighted by Crippen LogP contribution is -2.43. The summed E-state index contributed by atoms with van der Waals surface area (Å²) in [6, 6.07) is 14.1. The third kappa shape index (κ3) is 7.24. The van der Waals surface area contributed by atoms with Crippen LogP contribution in [0.15, 0.2) is 48.5 Å².